The number of hydrogen-bond donors (Lipinski definition) is 1. The summed E-state index contributed by atoms with van der Waals surface area (Å²) >= 11 is 0. The van der Waals surface area contributed by atoms with Gasteiger partial charge in [-0.3, -0.25) is 4.68 Å². The first-order valence-electron chi connectivity index (χ1n) is 9.03. The first kappa shape index (κ1) is 20.1. The van der Waals surface area contributed by atoms with Gasteiger partial charge in [0.25, 0.3) is 0 Å². The number of aryl methyl sites for hydroxylation is 1. The second-order valence-corrected chi connectivity index (χ2v) is 6.40. The van der Waals surface area contributed by atoms with E-state index in [1.54, 1.807) is 17.8 Å². The van der Waals surface area contributed by atoms with Gasteiger partial charge in [-0.15, -0.1) is 0 Å². The van der Waals surface area contributed by atoms with E-state index in [-0.39, 0.29) is 0 Å². The quantitative estimate of drug-likeness (QED) is 0.635. The summed E-state index contributed by atoms with van der Waals surface area (Å²) in [5.41, 5.74) is -0.169. The molecule has 0 bridgehead atoms. The maximum atomic E-state index is 13.0. The lowest BCUT2D eigenvalue weighted by atomic mass is 10.0. The Bertz CT molecular complexity index is 820. The van der Waals surface area contributed by atoms with Gasteiger partial charge in [-0.1, -0.05) is 12.1 Å². The molecule has 0 saturated carbocycles. The van der Waals surface area contributed by atoms with E-state index in [2.05, 4.69) is 20.4 Å². The van der Waals surface area contributed by atoms with E-state index in [1.807, 2.05) is 11.8 Å². The molecule has 1 N–H and O–H groups in total. The van der Waals surface area contributed by atoms with Gasteiger partial charge in [0.15, 0.2) is 5.96 Å². The van der Waals surface area contributed by atoms with Crippen molar-refractivity contribution in [2.24, 2.45) is 12.0 Å². The molecule has 0 amide bonds. The van der Waals surface area contributed by atoms with Crippen molar-refractivity contribution in [2.75, 3.05) is 26.2 Å². The highest BCUT2D eigenvalue weighted by Gasteiger charge is 2.32. The zero-order valence-electron chi connectivity index (χ0n) is 15.8. The fraction of sp³-hybridized carbons (Fsp3) is 0.500. The summed E-state index contributed by atoms with van der Waals surface area (Å²) in [5.74, 6) is 1.39. The number of nitrogens with one attached hydrogen (secondary N) is 1. The van der Waals surface area contributed by atoms with Crippen molar-refractivity contribution in [3.05, 3.63) is 47.5 Å². The second kappa shape index (κ2) is 8.59. The molecule has 28 heavy (non-hydrogen) atoms. The lowest BCUT2D eigenvalue weighted by molar-refractivity contribution is -0.137. The zero-order valence-corrected chi connectivity index (χ0v) is 15.8. The first-order valence-corrected chi connectivity index (χ1v) is 9.03. The third-order valence-electron chi connectivity index (χ3n) is 4.46. The van der Waals surface area contributed by atoms with Gasteiger partial charge in [-0.25, -0.2) is 9.98 Å². The molecule has 0 radical (unpaired) electrons. The van der Waals surface area contributed by atoms with E-state index >= 15 is 0 Å². The normalized spacial score (nSPS) is 18.4. The summed E-state index contributed by atoms with van der Waals surface area (Å²) in [4.78, 5) is 10.7. The molecular weight excluding hydrogens is 373 g/mol. The molecule has 1 aliphatic rings. The molecule has 1 aromatic carbocycles. The molecule has 0 spiro atoms. The fourth-order valence-corrected chi connectivity index (χ4v) is 2.99. The van der Waals surface area contributed by atoms with Crippen molar-refractivity contribution >= 4 is 5.96 Å². The van der Waals surface area contributed by atoms with Gasteiger partial charge in [0.1, 0.15) is 24.8 Å². The third-order valence-corrected chi connectivity index (χ3v) is 4.46. The number of nitrogens with zero attached hydrogens (tertiary/aromatic N) is 5. The maximum Gasteiger partial charge on any atom is 0.416 e. The topological polar surface area (TPSA) is 67.6 Å². The number of alkyl halides is 3. The lowest BCUT2D eigenvalue weighted by Gasteiger charge is -2.35. The van der Waals surface area contributed by atoms with Crippen LogP contribution in [0.4, 0.5) is 13.2 Å². The van der Waals surface area contributed by atoms with Gasteiger partial charge in [-0.05, 0) is 24.6 Å². The molecule has 1 fully saturated rings. The van der Waals surface area contributed by atoms with E-state index in [9.17, 15) is 13.2 Å². The number of benzene rings is 1. The number of guanidine groups is 1. The lowest BCUT2D eigenvalue weighted by Crippen LogP contribution is -2.48. The number of ether oxygens (including phenoxy) is 1. The van der Waals surface area contributed by atoms with Gasteiger partial charge < -0.3 is 15.0 Å². The predicted octanol–water partition coefficient (Wildman–Crippen LogP) is 2.37. The Hall–Kier alpha value is -2.62. The molecular formula is C18H23F3N6O. The predicted molar refractivity (Wildman–Crippen MR) is 97.5 cm³/mol. The standard InChI is InChI=1S/C18H23F3N6O/c1-3-22-17(23-10-16-24-12-25-26(16)2)27-7-8-28-15(11-27)13-5-4-6-14(9-13)18(19,20)21/h4-6,9,12,15H,3,7-8,10-11H2,1-2H3,(H,22,23). The van der Waals surface area contributed by atoms with Crippen LogP contribution in [0.5, 0.6) is 0 Å². The Morgan fingerprint density at radius 1 is 1.39 bits per heavy atom. The highest BCUT2D eigenvalue weighted by Crippen LogP contribution is 2.32. The van der Waals surface area contributed by atoms with E-state index in [4.69, 9.17) is 4.74 Å². The van der Waals surface area contributed by atoms with Gasteiger partial charge in [0.05, 0.1) is 18.7 Å². The molecule has 0 aliphatic carbocycles. The molecule has 1 aromatic heterocycles. The monoisotopic (exact) mass is 396 g/mol. The van der Waals surface area contributed by atoms with E-state index < -0.39 is 17.8 Å². The third kappa shape index (κ3) is 4.80. The fourth-order valence-electron chi connectivity index (χ4n) is 2.99. The van der Waals surface area contributed by atoms with E-state index in [0.29, 0.717) is 44.3 Å². The maximum absolute atomic E-state index is 13.0. The average Bonchev–Trinajstić information content (AvgIpc) is 3.09. The summed E-state index contributed by atoms with van der Waals surface area (Å²) in [6.07, 6.45) is -3.37. The number of aliphatic imine (C=N–C) groups is 1. The van der Waals surface area contributed by atoms with Crippen molar-refractivity contribution in [3.63, 3.8) is 0 Å². The van der Waals surface area contributed by atoms with Crippen LogP contribution in [0, 0.1) is 0 Å². The molecule has 152 valence electrons. The molecule has 1 unspecified atom stereocenters. The number of hydrogen-bond acceptors (Lipinski definition) is 4. The minimum absolute atomic E-state index is 0.352. The van der Waals surface area contributed by atoms with Crippen molar-refractivity contribution in [3.8, 4) is 0 Å². The number of halogens is 3. The Morgan fingerprint density at radius 3 is 2.89 bits per heavy atom. The average molecular weight is 396 g/mol. The summed E-state index contributed by atoms with van der Waals surface area (Å²) in [5, 5.41) is 7.25. The summed E-state index contributed by atoms with van der Waals surface area (Å²) in [6, 6.07) is 5.29. The Balaban J connectivity index is 1.76. The van der Waals surface area contributed by atoms with Gasteiger partial charge in [-0.2, -0.15) is 18.3 Å². The van der Waals surface area contributed by atoms with Crippen LogP contribution in [-0.4, -0.2) is 51.9 Å². The first-order chi connectivity index (χ1) is 13.4. The Kier molecular flexibility index (Phi) is 6.18. The van der Waals surface area contributed by atoms with E-state index in [1.165, 1.54) is 12.4 Å². The molecule has 2 heterocycles. The van der Waals surface area contributed by atoms with Crippen LogP contribution in [0.2, 0.25) is 0 Å². The highest BCUT2D eigenvalue weighted by molar-refractivity contribution is 5.80. The van der Waals surface area contributed by atoms with Crippen LogP contribution in [-0.2, 0) is 24.5 Å². The van der Waals surface area contributed by atoms with Crippen LogP contribution in [0.1, 0.15) is 30.0 Å². The second-order valence-electron chi connectivity index (χ2n) is 6.40. The smallest absolute Gasteiger partial charge is 0.370 e. The van der Waals surface area contributed by atoms with Gasteiger partial charge >= 0.3 is 6.18 Å². The molecule has 2 aromatic rings. The summed E-state index contributed by atoms with van der Waals surface area (Å²) < 4.78 is 46.4. The van der Waals surface area contributed by atoms with Crippen LogP contribution in [0.3, 0.4) is 0 Å². The van der Waals surface area contributed by atoms with Crippen LogP contribution in [0.25, 0.3) is 0 Å². The molecule has 7 nitrogen and oxygen atoms in total. The molecule has 10 heteroatoms. The van der Waals surface area contributed by atoms with Crippen LogP contribution in [0.15, 0.2) is 35.6 Å². The number of morpholine rings is 1. The number of rotatable bonds is 4. The largest absolute Gasteiger partial charge is 0.416 e. The Morgan fingerprint density at radius 2 is 2.21 bits per heavy atom. The van der Waals surface area contributed by atoms with Crippen molar-refractivity contribution in [1.29, 1.82) is 0 Å². The molecule has 3 rings (SSSR count). The van der Waals surface area contributed by atoms with Crippen molar-refractivity contribution < 1.29 is 17.9 Å². The Labute approximate surface area is 161 Å². The summed E-state index contributed by atoms with van der Waals surface area (Å²) in [7, 11) is 1.79. The van der Waals surface area contributed by atoms with E-state index in [0.717, 1.165) is 18.0 Å². The minimum atomic E-state index is -4.38. The van der Waals surface area contributed by atoms with Gasteiger partial charge in [0, 0.05) is 20.1 Å². The molecule has 1 atom stereocenters. The van der Waals surface area contributed by atoms with Crippen molar-refractivity contribution in [2.45, 2.75) is 25.7 Å². The molecule has 1 saturated heterocycles. The van der Waals surface area contributed by atoms with Crippen LogP contribution >= 0.6 is 0 Å². The van der Waals surface area contributed by atoms with Gasteiger partial charge in [0.2, 0.25) is 0 Å². The molecule has 1 aliphatic heterocycles. The number of aromatic nitrogens is 3. The van der Waals surface area contributed by atoms with Crippen LogP contribution < -0.4 is 5.32 Å². The highest BCUT2D eigenvalue weighted by atomic mass is 19.4. The zero-order chi connectivity index (χ0) is 20.1. The summed E-state index contributed by atoms with van der Waals surface area (Å²) in [6.45, 7) is 4.39. The SMILES string of the molecule is CCNC(=NCc1ncnn1C)N1CCOC(c2cccc(C(F)(F)F)c2)C1. The van der Waals surface area contributed by atoms with Crippen molar-refractivity contribution in [1.82, 2.24) is 25.0 Å². The minimum Gasteiger partial charge on any atom is -0.370 e.